The molecule has 102 valence electrons. The van der Waals surface area contributed by atoms with Crippen molar-refractivity contribution in [2.75, 3.05) is 0 Å². The zero-order valence-electron chi connectivity index (χ0n) is 10.5. The number of halogens is 1. The van der Waals surface area contributed by atoms with Crippen molar-refractivity contribution in [3.05, 3.63) is 57.2 Å². The van der Waals surface area contributed by atoms with E-state index in [0.717, 1.165) is 22.6 Å². The zero-order chi connectivity index (χ0) is 14.1. The summed E-state index contributed by atoms with van der Waals surface area (Å²) in [7, 11) is 0. The molecule has 0 saturated heterocycles. The van der Waals surface area contributed by atoms with Crippen LogP contribution in [0, 0.1) is 0 Å². The topological polar surface area (TPSA) is 41.6 Å². The van der Waals surface area contributed by atoms with Gasteiger partial charge in [-0.05, 0) is 41.4 Å². The van der Waals surface area contributed by atoms with E-state index in [1.54, 1.807) is 16.3 Å². The summed E-state index contributed by atoms with van der Waals surface area (Å²) in [5.74, 6) is 0. The van der Waals surface area contributed by atoms with Crippen LogP contribution in [-0.2, 0) is 0 Å². The van der Waals surface area contributed by atoms with Crippen LogP contribution < -0.4 is 5.73 Å². The highest BCUT2D eigenvalue weighted by atomic mass is 35.5. The molecule has 0 radical (unpaired) electrons. The van der Waals surface area contributed by atoms with Crippen molar-refractivity contribution < 1.29 is 0 Å². The summed E-state index contributed by atoms with van der Waals surface area (Å²) in [4.78, 5) is 1.16. The van der Waals surface area contributed by atoms with Crippen molar-refractivity contribution in [1.29, 1.82) is 0 Å². The van der Waals surface area contributed by atoms with Gasteiger partial charge in [0.1, 0.15) is 0 Å². The first-order valence-corrected chi connectivity index (χ1v) is 7.77. The fraction of sp³-hybridized carbons (Fsp3) is 0.143. The van der Waals surface area contributed by atoms with Gasteiger partial charge < -0.3 is 5.73 Å². The number of nitrogens with zero attached hydrogens (tertiary/aromatic N) is 2. The van der Waals surface area contributed by atoms with Crippen molar-refractivity contribution in [3.8, 4) is 0 Å². The summed E-state index contributed by atoms with van der Waals surface area (Å²) in [5, 5.41) is 9.33. The van der Waals surface area contributed by atoms with E-state index in [4.69, 9.17) is 29.6 Å². The Kier molecular flexibility index (Phi) is 3.74. The number of thiophene rings is 1. The third-order valence-electron chi connectivity index (χ3n) is 3.20. The Morgan fingerprint density at radius 3 is 2.70 bits per heavy atom. The molecule has 0 spiro atoms. The summed E-state index contributed by atoms with van der Waals surface area (Å²) >= 11 is 12.7. The largest absolute Gasteiger partial charge is 0.375 e. The minimum absolute atomic E-state index is 0.0434. The van der Waals surface area contributed by atoms with Crippen LogP contribution in [0.25, 0.3) is 0 Å². The SMILES string of the molecule is NC(=S)N1N=C(c2cccs2)C[C@@H]1c1ccc(Cl)cc1. The molecule has 0 unspecified atom stereocenters. The van der Waals surface area contributed by atoms with Gasteiger partial charge in [0, 0.05) is 11.4 Å². The molecular weight excluding hydrogens is 310 g/mol. The van der Waals surface area contributed by atoms with Crippen LogP contribution in [0.1, 0.15) is 22.9 Å². The Balaban J connectivity index is 1.93. The van der Waals surface area contributed by atoms with Gasteiger partial charge in [0.05, 0.1) is 16.6 Å². The Morgan fingerprint density at radius 1 is 1.35 bits per heavy atom. The third kappa shape index (κ3) is 2.57. The van der Waals surface area contributed by atoms with Gasteiger partial charge in [-0.25, -0.2) is 5.01 Å². The van der Waals surface area contributed by atoms with Gasteiger partial charge in [0.25, 0.3) is 0 Å². The van der Waals surface area contributed by atoms with E-state index in [1.807, 2.05) is 35.7 Å². The molecule has 0 saturated carbocycles. The number of benzene rings is 1. The molecule has 20 heavy (non-hydrogen) atoms. The molecular formula is C14H12ClN3S2. The maximum Gasteiger partial charge on any atom is 0.187 e. The molecule has 6 heteroatoms. The lowest BCUT2D eigenvalue weighted by Crippen LogP contribution is -2.31. The normalized spacial score (nSPS) is 18.1. The monoisotopic (exact) mass is 321 g/mol. The van der Waals surface area contributed by atoms with E-state index in [0.29, 0.717) is 5.02 Å². The van der Waals surface area contributed by atoms with Crippen molar-refractivity contribution >= 4 is 46.0 Å². The Morgan fingerprint density at radius 2 is 2.10 bits per heavy atom. The lowest BCUT2D eigenvalue weighted by atomic mass is 10.0. The van der Waals surface area contributed by atoms with Crippen molar-refractivity contribution in [3.63, 3.8) is 0 Å². The molecule has 0 fully saturated rings. The van der Waals surface area contributed by atoms with Gasteiger partial charge in [-0.15, -0.1) is 11.3 Å². The molecule has 1 atom stereocenters. The first-order chi connectivity index (χ1) is 9.65. The maximum absolute atomic E-state index is 5.94. The molecule has 1 aliphatic rings. The lowest BCUT2D eigenvalue weighted by molar-refractivity contribution is 0.373. The molecule has 2 heterocycles. The van der Waals surface area contributed by atoms with E-state index < -0.39 is 0 Å². The first-order valence-electron chi connectivity index (χ1n) is 6.10. The fourth-order valence-corrected chi connectivity index (χ4v) is 3.26. The predicted molar refractivity (Wildman–Crippen MR) is 88.3 cm³/mol. The number of hydrogen-bond donors (Lipinski definition) is 1. The van der Waals surface area contributed by atoms with Crippen LogP contribution in [0.15, 0.2) is 46.9 Å². The number of hydrogen-bond acceptors (Lipinski definition) is 3. The van der Waals surface area contributed by atoms with Crippen molar-refractivity contribution in [1.82, 2.24) is 5.01 Å². The Bertz CT molecular complexity index is 650. The van der Waals surface area contributed by atoms with Gasteiger partial charge >= 0.3 is 0 Å². The average molecular weight is 322 g/mol. The molecule has 0 bridgehead atoms. The number of nitrogens with two attached hydrogens (primary N) is 1. The van der Waals surface area contributed by atoms with Gasteiger partial charge in [0.2, 0.25) is 0 Å². The van der Waals surface area contributed by atoms with Crippen LogP contribution in [-0.4, -0.2) is 15.8 Å². The van der Waals surface area contributed by atoms with Crippen LogP contribution in [0.3, 0.4) is 0 Å². The van der Waals surface area contributed by atoms with E-state index in [2.05, 4.69) is 11.2 Å². The highest BCUT2D eigenvalue weighted by Gasteiger charge is 2.30. The second-order valence-corrected chi connectivity index (χ2v) is 6.28. The van der Waals surface area contributed by atoms with E-state index in [-0.39, 0.29) is 11.2 Å². The highest BCUT2D eigenvalue weighted by molar-refractivity contribution is 7.80. The zero-order valence-corrected chi connectivity index (χ0v) is 12.9. The number of thiocarbonyl (C=S) groups is 1. The summed E-state index contributed by atoms with van der Waals surface area (Å²) in [6.07, 6.45) is 0.791. The Labute approximate surface area is 131 Å². The molecule has 2 aromatic rings. The average Bonchev–Trinajstić information content (AvgIpc) is 3.08. The molecule has 2 N–H and O–H groups in total. The minimum Gasteiger partial charge on any atom is -0.375 e. The number of rotatable bonds is 2. The predicted octanol–water partition coefficient (Wildman–Crippen LogP) is 3.80. The first kappa shape index (κ1) is 13.5. The summed E-state index contributed by atoms with van der Waals surface area (Å²) in [5.41, 5.74) is 7.93. The quantitative estimate of drug-likeness (QED) is 0.855. The summed E-state index contributed by atoms with van der Waals surface area (Å²) in [6, 6.07) is 11.8. The van der Waals surface area contributed by atoms with Crippen LogP contribution in [0.5, 0.6) is 0 Å². The van der Waals surface area contributed by atoms with Gasteiger partial charge in [-0.1, -0.05) is 29.8 Å². The van der Waals surface area contributed by atoms with Gasteiger partial charge in [-0.3, -0.25) is 0 Å². The van der Waals surface area contributed by atoms with Gasteiger partial charge in [0.15, 0.2) is 5.11 Å². The summed E-state index contributed by atoms with van der Waals surface area (Å²) < 4.78 is 0. The smallest absolute Gasteiger partial charge is 0.187 e. The van der Waals surface area contributed by atoms with Gasteiger partial charge in [-0.2, -0.15) is 5.10 Å². The van der Waals surface area contributed by atoms with E-state index >= 15 is 0 Å². The van der Waals surface area contributed by atoms with Crippen molar-refractivity contribution in [2.45, 2.75) is 12.5 Å². The van der Waals surface area contributed by atoms with Crippen LogP contribution >= 0.6 is 35.2 Å². The molecule has 0 amide bonds. The van der Waals surface area contributed by atoms with Crippen LogP contribution in [0.4, 0.5) is 0 Å². The molecule has 0 aliphatic carbocycles. The highest BCUT2D eigenvalue weighted by Crippen LogP contribution is 2.33. The van der Waals surface area contributed by atoms with Crippen molar-refractivity contribution in [2.24, 2.45) is 10.8 Å². The number of hydrazone groups is 1. The maximum atomic E-state index is 5.94. The molecule has 1 aromatic heterocycles. The molecule has 3 rings (SSSR count). The summed E-state index contributed by atoms with van der Waals surface area (Å²) in [6.45, 7) is 0. The third-order valence-corrected chi connectivity index (χ3v) is 4.55. The minimum atomic E-state index is 0.0434. The molecule has 1 aliphatic heterocycles. The Hall–Kier alpha value is -1.43. The standard InChI is InChI=1S/C14H12ClN3S2/c15-10-5-3-9(4-6-10)12-8-11(13-2-1-7-20-13)17-18(12)14(16)19/h1-7,12H,8H2,(H2,16,19)/t12-/m1/s1. The second kappa shape index (κ2) is 5.52. The molecule has 1 aromatic carbocycles. The lowest BCUT2D eigenvalue weighted by Gasteiger charge is -2.21. The van der Waals surface area contributed by atoms with E-state index in [1.165, 1.54) is 0 Å². The second-order valence-electron chi connectivity index (χ2n) is 4.48. The van der Waals surface area contributed by atoms with E-state index in [9.17, 15) is 0 Å². The molecule has 3 nitrogen and oxygen atoms in total. The van der Waals surface area contributed by atoms with Crippen LogP contribution in [0.2, 0.25) is 5.02 Å². The fourth-order valence-electron chi connectivity index (χ4n) is 2.25.